The number of halogens is 1. The van der Waals surface area contributed by atoms with Crippen LogP contribution >= 0.6 is 15.9 Å². The van der Waals surface area contributed by atoms with Gasteiger partial charge in [0.05, 0.1) is 0 Å². The average Bonchev–Trinajstić information content (AvgIpc) is 2.47. The van der Waals surface area contributed by atoms with Crippen LogP contribution in [0.5, 0.6) is 0 Å². The van der Waals surface area contributed by atoms with E-state index in [9.17, 15) is 0 Å². The molecule has 112 valence electrons. The van der Waals surface area contributed by atoms with E-state index in [-0.39, 0.29) is 0 Å². The fourth-order valence-electron chi connectivity index (χ4n) is 3.15. The zero-order valence-electron chi connectivity index (χ0n) is 12.8. The van der Waals surface area contributed by atoms with Gasteiger partial charge in [0.2, 0.25) is 0 Å². The van der Waals surface area contributed by atoms with Crippen molar-refractivity contribution in [3.8, 4) is 0 Å². The standard InChI is InChI=1S/C17H27BrN2/c1-19(2)13-15-8-10-20(11-9-15)14-17(12-18)16-6-4-3-5-7-16/h3-7,15,17H,8-14H2,1-2H3. The van der Waals surface area contributed by atoms with E-state index in [1.165, 1.54) is 44.6 Å². The zero-order valence-corrected chi connectivity index (χ0v) is 14.3. The molecule has 1 unspecified atom stereocenters. The van der Waals surface area contributed by atoms with Crippen molar-refractivity contribution in [3.05, 3.63) is 35.9 Å². The lowest BCUT2D eigenvalue weighted by Crippen LogP contribution is -2.39. The average molecular weight is 339 g/mol. The molecule has 0 aliphatic carbocycles. The second kappa shape index (κ2) is 8.16. The van der Waals surface area contributed by atoms with Crippen LogP contribution in [0.2, 0.25) is 0 Å². The summed E-state index contributed by atoms with van der Waals surface area (Å²) in [6.45, 7) is 4.95. The Morgan fingerprint density at radius 2 is 1.85 bits per heavy atom. The van der Waals surface area contributed by atoms with Gasteiger partial charge in [-0.05, 0) is 51.5 Å². The molecule has 0 bridgehead atoms. The van der Waals surface area contributed by atoms with Gasteiger partial charge in [0.15, 0.2) is 0 Å². The Hall–Kier alpha value is -0.380. The summed E-state index contributed by atoms with van der Waals surface area (Å²) in [5, 5.41) is 1.05. The fraction of sp³-hybridized carbons (Fsp3) is 0.647. The van der Waals surface area contributed by atoms with Crippen molar-refractivity contribution in [3.63, 3.8) is 0 Å². The molecule has 1 aliphatic rings. The number of hydrogen-bond acceptors (Lipinski definition) is 2. The van der Waals surface area contributed by atoms with Crippen molar-refractivity contribution in [2.75, 3.05) is 45.6 Å². The minimum absolute atomic E-state index is 0.613. The Morgan fingerprint density at radius 3 is 2.40 bits per heavy atom. The first-order chi connectivity index (χ1) is 9.69. The third kappa shape index (κ3) is 4.87. The number of benzene rings is 1. The summed E-state index contributed by atoms with van der Waals surface area (Å²) in [7, 11) is 4.37. The lowest BCUT2D eigenvalue weighted by molar-refractivity contribution is 0.158. The lowest BCUT2D eigenvalue weighted by atomic mass is 9.94. The Balaban J connectivity index is 1.82. The monoisotopic (exact) mass is 338 g/mol. The van der Waals surface area contributed by atoms with E-state index in [1.807, 2.05) is 0 Å². The first-order valence-corrected chi connectivity index (χ1v) is 8.79. The van der Waals surface area contributed by atoms with Crippen molar-refractivity contribution in [2.45, 2.75) is 18.8 Å². The van der Waals surface area contributed by atoms with Crippen molar-refractivity contribution in [2.24, 2.45) is 5.92 Å². The van der Waals surface area contributed by atoms with E-state index in [1.54, 1.807) is 0 Å². The highest BCUT2D eigenvalue weighted by Gasteiger charge is 2.22. The quantitative estimate of drug-likeness (QED) is 0.733. The smallest absolute Gasteiger partial charge is 0.0112 e. The number of alkyl halides is 1. The Labute approximate surface area is 132 Å². The van der Waals surface area contributed by atoms with Gasteiger partial charge in [-0.1, -0.05) is 46.3 Å². The molecule has 0 amide bonds. The fourth-order valence-corrected chi connectivity index (χ4v) is 3.73. The molecule has 2 rings (SSSR count). The molecule has 1 heterocycles. The van der Waals surface area contributed by atoms with Crippen molar-refractivity contribution in [1.29, 1.82) is 0 Å². The first-order valence-electron chi connectivity index (χ1n) is 7.67. The topological polar surface area (TPSA) is 6.48 Å². The van der Waals surface area contributed by atoms with Crippen molar-refractivity contribution in [1.82, 2.24) is 9.80 Å². The second-order valence-corrected chi connectivity index (χ2v) is 6.92. The predicted molar refractivity (Wildman–Crippen MR) is 90.7 cm³/mol. The molecule has 2 nitrogen and oxygen atoms in total. The Bertz CT molecular complexity index is 372. The molecular weight excluding hydrogens is 312 g/mol. The van der Waals surface area contributed by atoms with Crippen LogP contribution in [0.15, 0.2) is 30.3 Å². The van der Waals surface area contributed by atoms with Gasteiger partial charge >= 0.3 is 0 Å². The summed E-state index contributed by atoms with van der Waals surface area (Å²) >= 11 is 3.69. The van der Waals surface area contributed by atoms with E-state index in [4.69, 9.17) is 0 Å². The maximum Gasteiger partial charge on any atom is 0.0112 e. The van der Waals surface area contributed by atoms with Gasteiger partial charge in [-0.15, -0.1) is 0 Å². The van der Waals surface area contributed by atoms with E-state index >= 15 is 0 Å². The molecule has 0 saturated carbocycles. The normalized spacial score (nSPS) is 19.4. The maximum absolute atomic E-state index is 3.69. The van der Waals surface area contributed by atoms with Crippen molar-refractivity contribution < 1.29 is 0 Å². The summed E-state index contributed by atoms with van der Waals surface area (Å²) in [4.78, 5) is 4.97. The Morgan fingerprint density at radius 1 is 1.20 bits per heavy atom. The number of hydrogen-bond donors (Lipinski definition) is 0. The van der Waals surface area contributed by atoms with Crippen LogP contribution in [0, 0.1) is 5.92 Å². The molecule has 3 heteroatoms. The number of likely N-dealkylation sites (tertiary alicyclic amines) is 1. The highest BCUT2D eigenvalue weighted by Crippen LogP contribution is 2.23. The highest BCUT2D eigenvalue weighted by atomic mass is 79.9. The third-order valence-electron chi connectivity index (χ3n) is 4.27. The SMILES string of the molecule is CN(C)CC1CCN(CC(CBr)c2ccccc2)CC1. The van der Waals surface area contributed by atoms with Crippen LogP contribution in [0.25, 0.3) is 0 Å². The largest absolute Gasteiger partial charge is 0.309 e. The van der Waals surface area contributed by atoms with E-state index < -0.39 is 0 Å². The van der Waals surface area contributed by atoms with Gasteiger partial charge in [-0.25, -0.2) is 0 Å². The van der Waals surface area contributed by atoms with Gasteiger partial charge < -0.3 is 9.80 Å². The van der Waals surface area contributed by atoms with Crippen LogP contribution in [0.3, 0.4) is 0 Å². The van der Waals surface area contributed by atoms with Gasteiger partial charge in [0, 0.05) is 24.3 Å². The van der Waals surface area contributed by atoms with Gasteiger partial charge in [-0.3, -0.25) is 0 Å². The van der Waals surface area contributed by atoms with Crippen LogP contribution in [-0.4, -0.2) is 55.4 Å². The summed E-state index contributed by atoms with van der Waals surface area (Å²) in [5.41, 5.74) is 1.46. The van der Waals surface area contributed by atoms with Crippen LogP contribution in [0.4, 0.5) is 0 Å². The Kier molecular flexibility index (Phi) is 6.53. The number of rotatable bonds is 6. The number of piperidine rings is 1. The van der Waals surface area contributed by atoms with Gasteiger partial charge in [0.1, 0.15) is 0 Å². The van der Waals surface area contributed by atoms with Crippen molar-refractivity contribution >= 4 is 15.9 Å². The van der Waals surface area contributed by atoms with Gasteiger partial charge in [-0.2, -0.15) is 0 Å². The van der Waals surface area contributed by atoms with Gasteiger partial charge in [0.25, 0.3) is 0 Å². The molecule has 1 fully saturated rings. The van der Waals surface area contributed by atoms with E-state index in [2.05, 4.69) is 70.2 Å². The summed E-state index contributed by atoms with van der Waals surface area (Å²) in [6, 6.07) is 10.9. The molecule has 0 aromatic heterocycles. The van der Waals surface area contributed by atoms with E-state index in [0.717, 1.165) is 11.2 Å². The minimum Gasteiger partial charge on any atom is -0.309 e. The summed E-state index contributed by atoms with van der Waals surface area (Å²) in [5.74, 6) is 1.50. The molecule has 20 heavy (non-hydrogen) atoms. The zero-order chi connectivity index (χ0) is 14.4. The molecule has 0 N–H and O–H groups in total. The molecule has 0 radical (unpaired) electrons. The lowest BCUT2D eigenvalue weighted by Gasteiger charge is -2.35. The summed E-state index contributed by atoms with van der Waals surface area (Å²) in [6.07, 6.45) is 2.70. The first kappa shape index (κ1) is 16.0. The highest BCUT2D eigenvalue weighted by molar-refractivity contribution is 9.09. The maximum atomic E-state index is 3.69. The van der Waals surface area contributed by atoms with Crippen LogP contribution in [0.1, 0.15) is 24.3 Å². The minimum atomic E-state index is 0.613. The molecular formula is C17H27BrN2. The predicted octanol–water partition coefficient (Wildman–Crippen LogP) is 3.44. The molecule has 0 spiro atoms. The van der Waals surface area contributed by atoms with E-state index in [0.29, 0.717) is 5.92 Å². The number of nitrogens with zero attached hydrogens (tertiary/aromatic N) is 2. The summed E-state index contributed by atoms with van der Waals surface area (Å²) < 4.78 is 0. The molecule has 1 saturated heterocycles. The molecule has 1 aromatic carbocycles. The van der Waals surface area contributed by atoms with Crippen LogP contribution in [-0.2, 0) is 0 Å². The molecule has 1 aromatic rings. The van der Waals surface area contributed by atoms with Crippen LogP contribution < -0.4 is 0 Å². The third-order valence-corrected chi connectivity index (χ3v) is 5.05. The second-order valence-electron chi connectivity index (χ2n) is 6.27. The molecule has 1 aliphatic heterocycles. The molecule has 1 atom stereocenters.